The van der Waals surface area contributed by atoms with Crippen LogP contribution in [0.15, 0.2) is 36.4 Å². The molecule has 17 heavy (non-hydrogen) atoms. The molecule has 0 heterocycles. The number of anilines is 1. The van der Waals surface area contributed by atoms with Gasteiger partial charge in [-0.15, -0.1) is 0 Å². The number of hydrogen-bond donors (Lipinski definition) is 0. The number of rotatable bonds is 1. The highest BCUT2D eigenvalue weighted by Gasteiger charge is 1.98. The largest absolute Gasteiger partial charge is 0.378 e. The van der Waals surface area contributed by atoms with Crippen molar-refractivity contribution in [2.75, 3.05) is 19.0 Å². The van der Waals surface area contributed by atoms with E-state index in [1.165, 1.54) is 16.5 Å². The summed E-state index contributed by atoms with van der Waals surface area (Å²) in [6.07, 6.45) is 0.900. The molecule has 0 aliphatic rings. The van der Waals surface area contributed by atoms with Gasteiger partial charge in [-0.05, 0) is 35.0 Å². The van der Waals surface area contributed by atoms with Gasteiger partial charge in [-0.25, -0.2) is 0 Å². The lowest BCUT2D eigenvalue weighted by Gasteiger charge is -2.13. The lowest BCUT2D eigenvalue weighted by Crippen LogP contribution is -2.07. The topological polar surface area (TPSA) is 3.24 Å². The Morgan fingerprint density at radius 2 is 1.71 bits per heavy atom. The third-order valence-corrected chi connectivity index (χ3v) is 2.75. The normalized spacial score (nSPS) is 9.82. The van der Waals surface area contributed by atoms with Crippen LogP contribution in [0.1, 0.15) is 18.9 Å². The molecule has 0 aliphatic carbocycles. The van der Waals surface area contributed by atoms with E-state index in [2.05, 4.69) is 74.2 Å². The molecule has 0 atom stereocenters. The van der Waals surface area contributed by atoms with E-state index in [1.807, 2.05) is 0 Å². The number of benzene rings is 2. The first kappa shape index (κ1) is 11.5. The molecular weight excluding hydrogens is 206 g/mol. The monoisotopic (exact) mass is 223 g/mol. The fourth-order valence-corrected chi connectivity index (χ4v) is 1.78. The molecule has 2 aromatic carbocycles. The van der Waals surface area contributed by atoms with Gasteiger partial charge in [0.1, 0.15) is 0 Å². The van der Waals surface area contributed by atoms with Crippen molar-refractivity contribution in [3.05, 3.63) is 42.0 Å². The van der Waals surface area contributed by atoms with E-state index in [4.69, 9.17) is 0 Å². The van der Waals surface area contributed by atoms with Crippen LogP contribution in [0.25, 0.3) is 10.8 Å². The Bertz CT molecular complexity index is 585. The molecule has 0 aliphatic heterocycles. The summed E-state index contributed by atoms with van der Waals surface area (Å²) in [5.74, 6) is 6.26. The van der Waals surface area contributed by atoms with Gasteiger partial charge in [-0.1, -0.05) is 30.9 Å². The van der Waals surface area contributed by atoms with Gasteiger partial charge in [-0.2, -0.15) is 0 Å². The molecule has 0 fully saturated rings. The third kappa shape index (κ3) is 2.60. The van der Waals surface area contributed by atoms with Crippen molar-refractivity contribution in [1.82, 2.24) is 0 Å². The zero-order valence-corrected chi connectivity index (χ0v) is 10.6. The molecule has 0 unspecified atom stereocenters. The van der Waals surface area contributed by atoms with Crippen LogP contribution in [0.3, 0.4) is 0 Å². The summed E-state index contributed by atoms with van der Waals surface area (Å²) in [4.78, 5) is 2.12. The fourth-order valence-electron chi connectivity index (χ4n) is 1.78. The van der Waals surface area contributed by atoms with E-state index in [0.29, 0.717) is 0 Å². The molecule has 0 saturated carbocycles. The van der Waals surface area contributed by atoms with Crippen molar-refractivity contribution in [3.8, 4) is 11.8 Å². The SMILES string of the molecule is CCC#Cc1ccc2cc(N(C)C)ccc2c1. The van der Waals surface area contributed by atoms with E-state index in [9.17, 15) is 0 Å². The Labute approximate surface area is 103 Å². The summed E-state index contributed by atoms with van der Waals surface area (Å²) in [5.41, 5.74) is 2.32. The molecule has 86 valence electrons. The molecule has 1 nitrogen and oxygen atoms in total. The molecule has 0 N–H and O–H groups in total. The van der Waals surface area contributed by atoms with Crippen molar-refractivity contribution in [1.29, 1.82) is 0 Å². The Kier molecular flexibility index (Phi) is 3.35. The van der Waals surface area contributed by atoms with E-state index < -0.39 is 0 Å². The summed E-state index contributed by atoms with van der Waals surface area (Å²) in [6, 6.07) is 12.9. The van der Waals surface area contributed by atoms with Gasteiger partial charge in [0.15, 0.2) is 0 Å². The van der Waals surface area contributed by atoms with Crippen LogP contribution in [0.4, 0.5) is 5.69 Å². The van der Waals surface area contributed by atoms with Gasteiger partial charge in [0.05, 0.1) is 0 Å². The van der Waals surface area contributed by atoms with Gasteiger partial charge >= 0.3 is 0 Å². The smallest absolute Gasteiger partial charge is 0.0367 e. The lowest BCUT2D eigenvalue weighted by molar-refractivity contribution is 1.14. The first-order valence-corrected chi connectivity index (χ1v) is 5.90. The van der Waals surface area contributed by atoms with E-state index >= 15 is 0 Å². The number of nitrogens with zero attached hydrogens (tertiary/aromatic N) is 1. The Morgan fingerprint density at radius 3 is 2.41 bits per heavy atom. The highest BCUT2D eigenvalue weighted by Crippen LogP contribution is 2.21. The highest BCUT2D eigenvalue weighted by molar-refractivity contribution is 5.87. The lowest BCUT2D eigenvalue weighted by atomic mass is 10.1. The van der Waals surface area contributed by atoms with E-state index in [0.717, 1.165) is 12.0 Å². The zero-order chi connectivity index (χ0) is 12.3. The Balaban J connectivity index is 2.46. The third-order valence-electron chi connectivity index (χ3n) is 2.75. The molecule has 0 radical (unpaired) electrons. The maximum Gasteiger partial charge on any atom is 0.0367 e. The summed E-state index contributed by atoms with van der Waals surface area (Å²) < 4.78 is 0. The zero-order valence-electron chi connectivity index (χ0n) is 10.6. The molecule has 0 bridgehead atoms. The Hall–Kier alpha value is -1.94. The molecule has 0 spiro atoms. The van der Waals surface area contributed by atoms with Crippen molar-refractivity contribution in [2.24, 2.45) is 0 Å². The molecule has 1 heteroatoms. The van der Waals surface area contributed by atoms with Crippen LogP contribution >= 0.6 is 0 Å². The maximum atomic E-state index is 3.16. The van der Waals surface area contributed by atoms with Crippen molar-refractivity contribution < 1.29 is 0 Å². The summed E-state index contributed by atoms with van der Waals surface area (Å²) >= 11 is 0. The summed E-state index contributed by atoms with van der Waals surface area (Å²) in [6.45, 7) is 2.07. The van der Waals surface area contributed by atoms with E-state index in [-0.39, 0.29) is 0 Å². The van der Waals surface area contributed by atoms with Gasteiger partial charge in [0.25, 0.3) is 0 Å². The molecule has 0 aromatic heterocycles. The molecule has 2 rings (SSSR count). The van der Waals surface area contributed by atoms with Crippen LogP contribution in [0.2, 0.25) is 0 Å². The predicted molar refractivity (Wildman–Crippen MR) is 75.4 cm³/mol. The highest BCUT2D eigenvalue weighted by atomic mass is 15.1. The minimum atomic E-state index is 0.900. The van der Waals surface area contributed by atoms with Gasteiger partial charge in [-0.3, -0.25) is 0 Å². The average Bonchev–Trinajstić information content (AvgIpc) is 2.35. The molecular formula is C16H17N. The number of hydrogen-bond acceptors (Lipinski definition) is 1. The van der Waals surface area contributed by atoms with Crippen LogP contribution in [-0.2, 0) is 0 Å². The second-order valence-corrected chi connectivity index (χ2v) is 4.30. The summed E-state index contributed by atoms with van der Waals surface area (Å²) in [5, 5.41) is 2.51. The van der Waals surface area contributed by atoms with E-state index in [1.54, 1.807) is 0 Å². The van der Waals surface area contributed by atoms with Gasteiger partial charge in [0, 0.05) is 31.8 Å². The van der Waals surface area contributed by atoms with Crippen molar-refractivity contribution >= 4 is 16.5 Å². The van der Waals surface area contributed by atoms with Gasteiger partial charge < -0.3 is 4.90 Å². The minimum Gasteiger partial charge on any atom is -0.378 e. The van der Waals surface area contributed by atoms with Crippen LogP contribution < -0.4 is 4.90 Å². The molecule has 2 aromatic rings. The second-order valence-electron chi connectivity index (χ2n) is 4.30. The minimum absolute atomic E-state index is 0.900. The van der Waals surface area contributed by atoms with Crippen molar-refractivity contribution in [3.63, 3.8) is 0 Å². The fraction of sp³-hybridized carbons (Fsp3) is 0.250. The number of fused-ring (bicyclic) bond motifs is 1. The summed E-state index contributed by atoms with van der Waals surface area (Å²) in [7, 11) is 4.12. The second kappa shape index (κ2) is 4.93. The predicted octanol–water partition coefficient (Wildman–Crippen LogP) is 3.67. The molecule has 0 saturated heterocycles. The molecule has 0 amide bonds. The van der Waals surface area contributed by atoms with Crippen LogP contribution in [0, 0.1) is 11.8 Å². The standard InChI is InChI=1S/C16H17N/c1-4-5-6-13-7-8-15-12-16(17(2)3)10-9-14(15)11-13/h7-12H,4H2,1-3H3. The quantitative estimate of drug-likeness (QED) is 0.667. The van der Waals surface area contributed by atoms with Crippen LogP contribution in [0.5, 0.6) is 0 Å². The average molecular weight is 223 g/mol. The van der Waals surface area contributed by atoms with Gasteiger partial charge in [0.2, 0.25) is 0 Å². The maximum absolute atomic E-state index is 3.16. The first-order valence-electron chi connectivity index (χ1n) is 5.90. The van der Waals surface area contributed by atoms with Crippen molar-refractivity contribution in [2.45, 2.75) is 13.3 Å². The Morgan fingerprint density at radius 1 is 1.00 bits per heavy atom. The first-order chi connectivity index (χ1) is 8.20. The van der Waals surface area contributed by atoms with Crippen LogP contribution in [-0.4, -0.2) is 14.1 Å².